The number of carbonyl (C=O) groups is 2. The van der Waals surface area contributed by atoms with Crippen molar-refractivity contribution in [2.45, 2.75) is 31.1 Å². The van der Waals surface area contributed by atoms with Gasteiger partial charge in [0.1, 0.15) is 11.5 Å². The van der Waals surface area contributed by atoms with Gasteiger partial charge in [-0.25, -0.2) is 0 Å². The Hall–Kier alpha value is -3.39. The van der Waals surface area contributed by atoms with Crippen molar-refractivity contribution in [2.75, 3.05) is 14.2 Å². The molecule has 1 heterocycles. The average Bonchev–Trinajstić information content (AvgIpc) is 2.77. The number of Topliss-reactive ketones (excluding diaryl/α,β-unsaturated/α-hetero) is 1. The maximum atomic E-state index is 13.3. The van der Waals surface area contributed by atoms with Gasteiger partial charge in [-0.05, 0) is 36.2 Å². The van der Waals surface area contributed by atoms with E-state index in [1.807, 2.05) is 6.07 Å². The number of ether oxygens (including phenoxy) is 2. The standard InChI is InChI=1S/C23H21ClN2O6/c1-31-14-4-6-21(32-2)15(10-14)12-7-19-23(20(27)8-12)17(11-22(28)25-19)16-9-13(26(29)30)3-5-18(16)24/h3-6,9-10,12,17H,7-8,11H2,1-2H3,(H,25,28)/t12-,17+/m0/s1. The van der Waals surface area contributed by atoms with Gasteiger partial charge in [0.2, 0.25) is 5.91 Å². The van der Waals surface area contributed by atoms with E-state index < -0.39 is 10.8 Å². The lowest BCUT2D eigenvalue weighted by atomic mass is 9.73. The molecular formula is C23H21ClN2O6. The van der Waals surface area contributed by atoms with Crippen molar-refractivity contribution in [3.8, 4) is 11.5 Å². The number of carbonyl (C=O) groups excluding carboxylic acids is 2. The molecule has 2 aromatic carbocycles. The Morgan fingerprint density at radius 3 is 2.50 bits per heavy atom. The van der Waals surface area contributed by atoms with Crippen molar-refractivity contribution < 1.29 is 24.0 Å². The minimum absolute atomic E-state index is 0.00138. The summed E-state index contributed by atoms with van der Waals surface area (Å²) in [4.78, 5) is 36.6. The van der Waals surface area contributed by atoms with Gasteiger partial charge in [-0.1, -0.05) is 11.6 Å². The Balaban J connectivity index is 1.77. The van der Waals surface area contributed by atoms with Gasteiger partial charge < -0.3 is 14.8 Å². The highest BCUT2D eigenvalue weighted by molar-refractivity contribution is 6.31. The van der Waals surface area contributed by atoms with E-state index >= 15 is 0 Å². The Morgan fingerprint density at radius 1 is 1.03 bits per heavy atom. The fourth-order valence-electron chi connectivity index (χ4n) is 4.52. The van der Waals surface area contributed by atoms with Crippen LogP contribution >= 0.6 is 11.6 Å². The van der Waals surface area contributed by atoms with Crippen molar-refractivity contribution in [1.82, 2.24) is 5.32 Å². The van der Waals surface area contributed by atoms with Gasteiger partial charge >= 0.3 is 0 Å². The monoisotopic (exact) mass is 456 g/mol. The zero-order valence-corrected chi connectivity index (χ0v) is 18.3. The molecule has 0 radical (unpaired) electrons. The van der Waals surface area contributed by atoms with Crippen LogP contribution in [0.5, 0.6) is 11.5 Å². The molecule has 1 aliphatic heterocycles. The minimum atomic E-state index is -0.633. The van der Waals surface area contributed by atoms with Gasteiger partial charge in [0, 0.05) is 58.7 Å². The minimum Gasteiger partial charge on any atom is -0.497 e. The molecule has 4 rings (SSSR count). The number of hydrogen-bond acceptors (Lipinski definition) is 6. The van der Waals surface area contributed by atoms with Crippen LogP contribution in [-0.4, -0.2) is 30.8 Å². The predicted octanol–water partition coefficient (Wildman–Crippen LogP) is 4.27. The number of nitro groups is 1. The molecule has 0 unspecified atom stereocenters. The first kappa shape index (κ1) is 21.8. The fraction of sp³-hybridized carbons (Fsp3) is 0.304. The molecule has 9 heteroatoms. The van der Waals surface area contributed by atoms with Crippen LogP contribution in [0.1, 0.15) is 42.2 Å². The van der Waals surface area contributed by atoms with Gasteiger partial charge in [-0.3, -0.25) is 19.7 Å². The van der Waals surface area contributed by atoms with E-state index in [-0.39, 0.29) is 41.2 Å². The molecule has 0 aromatic heterocycles. The topological polar surface area (TPSA) is 108 Å². The number of methoxy groups -OCH3 is 2. The van der Waals surface area contributed by atoms with Crippen LogP contribution in [0.15, 0.2) is 47.7 Å². The van der Waals surface area contributed by atoms with Crippen molar-refractivity contribution in [1.29, 1.82) is 0 Å². The first-order valence-corrected chi connectivity index (χ1v) is 10.4. The van der Waals surface area contributed by atoms with Crippen LogP contribution in [0.4, 0.5) is 5.69 Å². The predicted molar refractivity (Wildman–Crippen MR) is 117 cm³/mol. The van der Waals surface area contributed by atoms with E-state index in [2.05, 4.69) is 5.32 Å². The Kier molecular flexibility index (Phi) is 5.88. The van der Waals surface area contributed by atoms with E-state index in [0.29, 0.717) is 34.8 Å². The molecule has 1 aliphatic carbocycles. The largest absolute Gasteiger partial charge is 0.497 e. The number of hydrogen-bond donors (Lipinski definition) is 1. The van der Waals surface area contributed by atoms with Crippen LogP contribution in [0, 0.1) is 10.1 Å². The van der Waals surface area contributed by atoms with E-state index in [9.17, 15) is 19.7 Å². The molecule has 2 aromatic rings. The Morgan fingerprint density at radius 2 is 1.81 bits per heavy atom. The van der Waals surface area contributed by atoms with E-state index in [4.69, 9.17) is 21.1 Å². The summed E-state index contributed by atoms with van der Waals surface area (Å²) in [6.45, 7) is 0. The molecule has 0 fully saturated rings. The lowest BCUT2D eigenvalue weighted by molar-refractivity contribution is -0.384. The van der Waals surface area contributed by atoms with E-state index in [1.54, 1.807) is 26.4 Å². The second-order valence-electron chi connectivity index (χ2n) is 7.80. The number of non-ortho nitro benzene ring substituents is 1. The molecule has 0 saturated heterocycles. The maximum Gasteiger partial charge on any atom is 0.269 e. The molecule has 1 amide bonds. The van der Waals surface area contributed by atoms with Crippen LogP contribution in [0.25, 0.3) is 0 Å². The molecule has 1 N–H and O–H groups in total. The Labute approximate surface area is 189 Å². The number of nitrogens with zero attached hydrogens (tertiary/aromatic N) is 1. The van der Waals surface area contributed by atoms with Gasteiger partial charge in [0.25, 0.3) is 5.69 Å². The third-order valence-corrected chi connectivity index (χ3v) is 6.32. The lowest BCUT2D eigenvalue weighted by Crippen LogP contribution is -2.38. The number of amides is 1. The normalized spacial score (nSPS) is 20.5. The third kappa shape index (κ3) is 3.93. The third-order valence-electron chi connectivity index (χ3n) is 5.98. The molecular weight excluding hydrogens is 436 g/mol. The van der Waals surface area contributed by atoms with Gasteiger partial charge in [-0.2, -0.15) is 0 Å². The lowest BCUT2D eigenvalue weighted by Gasteiger charge is -2.35. The first-order chi connectivity index (χ1) is 15.3. The number of ketones is 1. The molecule has 166 valence electrons. The summed E-state index contributed by atoms with van der Waals surface area (Å²) in [5, 5.41) is 14.4. The SMILES string of the molecule is COc1ccc(OC)c([C@@H]2CC(=O)C3=C(C2)NC(=O)C[C@@H]3c2cc([N+](=O)[O-])ccc2Cl)c1. The summed E-state index contributed by atoms with van der Waals surface area (Å²) < 4.78 is 10.8. The van der Waals surface area contributed by atoms with E-state index in [1.165, 1.54) is 18.2 Å². The summed E-state index contributed by atoms with van der Waals surface area (Å²) in [5.74, 6) is 0.0313. The maximum absolute atomic E-state index is 13.3. The second-order valence-corrected chi connectivity index (χ2v) is 8.20. The van der Waals surface area contributed by atoms with Crippen molar-refractivity contribution >= 4 is 29.0 Å². The summed E-state index contributed by atoms with van der Waals surface area (Å²) >= 11 is 6.34. The van der Waals surface area contributed by atoms with Crippen LogP contribution in [0.3, 0.4) is 0 Å². The number of benzene rings is 2. The fourth-order valence-corrected chi connectivity index (χ4v) is 4.77. The molecule has 2 atom stereocenters. The van der Waals surface area contributed by atoms with Crippen molar-refractivity contribution in [3.63, 3.8) is 0 Å². The van der Waals surface area contributed by atoms with Gasteiger partial charge in [0.15, 0.2) is 5.78 Å². The quantitative estimate of drug-likeness (QED) is 0.531. The first-order valence-electron chi connectivity index (χ1n) is 10.0. The summed E-state index contributed by atoms with van der Waals surface area (Å²) in [6.07, 6.45) is 0.624. The highest BCUT2D eigenvalue weighted by Crippen LogP contribution is 2.46. The van der Waals surface area contributed by atoms with Crippen LogP contribution < -0.4 is 14.8 Å². The average molecular weight is 457 g/mol. The number of rotatable bonds is 5. The number of halogens is 1. The molecule has 32 heavy (non-hydrogen) atoms. The molecule has 0 spiro atoms. The molecule has 8 nitrogen and oxygen atoms in total. The highest BCUT2D eigenvalue weighted by atomic mass is 35.5. The number of nitrogens with one attached hydrogen (secondary N) is 1. The summed E-state index contributed by atoms with van der Waals surface area (Å²) in [6, 6.07) is 9.48. The second kappa shape index (κ2) is 8.63. The van der Waals surface area contributed by atoms with Crippen molar-refractivity contribution in [2.24, 2.45) is 0 Å². The summed E-state index contributed by atoms with van der Waals surface area (Å²) in [5.41, 5.74) is 2.08. The highest BCUT2D eigenvalue weighted by Gasteiger charge is 2.40. The smallest absolute Gasteiger partial charge is 0.269 e. The van der Waals surface area contributed by atoms with Crippen LogP contribution in [0.2, 0.25) is 5.02 Å². The van der Waals surface area contributed by atoms with Gasteiger partial charge in [-0.15, -0.1) is 0 Å². The Bertz CT molecular complexity index is 1160. The molecule has 2 aliphatic rings. The summed E-state index contributed by atoms with van der Waals surface area (Å²) in [7, 11) is 3.12. The zero-order valence-electron chi connectivity index (χ0n) is 17.5. The molecule has 0 bridgehead atoms. The van der Waals surface area contributed by atoms with E-state index in [0.717, 1.165) is 5.56 Å². The van der Waals surface area contributed by atoms with Gasteiger partial charge in [0.05, 0.1) is 19.1 Å². The number of allylic oxidation sites excluding steroid dienone is 2. The van der Waals surface area contributed by atoms with Crippen LogP contribution in [-0.2, 0) is 9.59 Å². The molecule has 0 saturated carbocycles. The van der Waals surface area contributed by atoms with Crippen molar-refractivity contribution in [3.05, 3.63) is 73.9 Å². The number of nitro benzene ring substituents is 1. The zero-order chi connectivity index (χ0) is 23.0.